The van der Waals surface area contributed by atoms with Crippen molar-refractivity contribution in [1.29, 1.82) is 0 Å². The van der Waals surface area contributed by atoms with Gasteiger partial charge in [-0.3, -0.25) is 4.79 Å². The van der Waals surface area contributed by atoms with Crippen molar-refractivity contribution in [3.05, 3.63) is 12.2 Å². The molecular weight excluding hydrogens is 332 g/mol. The van der Waals surface area contributed by atoms with Crippen LogP contribution in [0.2, 0.25) is 18.1 Å². The topological polar surface area (TPSA) is 44.8 Å². The van der Waals surface area contributed by atoms with Crippen molar-refractivity contribution in [2.75, 3.05) is 14.2 Å². The van der Waals surface area contributed by atoms with Crippen LogP contribution in [0.15, 0.2) is 12.2 Å². The number of hydrogen-bond acceptors (Lipinski definition) is 4. The number of carbonyl (C=O) groups is 1. The highest BCUT2D eigenvalue weighted by atomic mass is 28.4. The van der Waals surface area contributed by atoms with Gasteiger partial charge in [-0.25, -0.2) is 0 Å². The molecule has 4 aliphatic carbocycles. The lowest BCUT2D eigenvalue weighted by atomic mass is 9.48. The van der Waals surface area contributed by atoms with Gasteiger partial charge >= 0.3 is 0 Å². The highest BCUT2D eigenvalue weighted by Gasteiger charge is 2.69. The molecule has 4 atom stereocenters. The lowest BCUT2D eigenvalue weighted by Gasteiger charge is -2.65. The van der Waals surface area contributed by atoms with E-state index >= 15 is 0 Å². The van der Waals surface area contributed by atoms with E-state index in [-0.39, 0.29) is 22.3 Å². The van der Waals surface area contributed by atoms with Gasteiger partial charge in [0.2, 0.25) is 5.79 Å². The summed E-state index contributed by atoms with van der Waals surface area (Å²) in [6.45, 7) is 11.4. The minimum Gasteiger partial charge on any atom is -0.408 e. The molecule has 4 rings (SSSR count). The van der Waals surface area contributed by atoms with E-state index in [4.69, 9.17) is 13.9 Å². The molecule has 5 heteroatoms. The molecule has 0 N–H and O–H groups in total. The van der Waals surface area contributed by atoms with Crippen molar-refractivity contribution in [2.24, 2.45) is 17.3 Å². The zero-order valence-corrected chi connectivity index (χ0v) is 17.8. The molecule has 0 aliphatic heterocycles. The van der Waals surface area contributed by atoms with Crippen LogP contribution in [0.25, 0.3) is 0 Å². The zero-order chi connectivity index (χ0) is 18.7. The van der Waals surface area contributed by atoms with Crippen LogP contribution in [-0.2, 0) is 18.7 Å². The van der Waals surface area contributed by atoms with E-state index in [1.807, 2.05) is 0 Å². The van der Waals surface area contributed by atoms with Crippen LogP contribution in [0.1, 0.15) is 46.5 Å². The summed E-state index contributed by atoms with van der Waals surface area (Å²) >= 11 is 0. The number of methoxy groups -OCH3 is 2. The molecule has 0 saturated heterocycles. The number of allylic oxidation sites excluding steroid dienone is 1. The van der Waals surface area contributed by atoms with Crippen LogP contribution >= 0.6 is 0 Å². The van der Waals surface area contributed by atoms with Crippen LogP contribution in [0.4, 0.5) is 0 Å². The molecule has 1 unspecified atom stereocenters. The molecule has 142 valence electrons. The maximum Gasteiger partial charge on any atom is 0.202 e. The number of fused-ring (bicyclic) bond motifs is 2. The molecule has 0 aromatic carbocycles. The molecule has 3 saturated carbocycles. The lowest BCUT2D eigenvalue weighted by molar-refractivity contribution is -0.359. The van der Waals surface area contributed by atoms with Crippen LogP contribution in [0.3, 0.4) is 0 Å². The van der Waals surface area contributed by atoms with E-state index in [0.717, 1.165) is 19.3 Å². The first kappa shape index (κ1) is 19.3. The summed E-state index contributed by atoms with van der Waals surface area (Å²) in [7, 11) is 1.50. The maximum atomic E-state index is 12.0. The summed E-state index contributed by atoms with van der Waals surface area (Å²) in [5.74, 6) is 0.111. The first-order valence-electron chi connectivity index (χ1n) is 9.53. The van der Waals surface area contributed by atoms with Gasteiger partial charge < -0.3 is 13.9 Å². The number of ether oxygens (including phenoxy) is 2. The van der Waals surface area contributed by atoms with Gasteiger partial charge in [0.1, 0.15) is 6.10 Å². The molecular formula is C20H34O4Si. The summed E-state index contributed by atoms with van der Waals surface area (Å²) in [5.41, 5.74) is -0.258. The van der Waals surface area contributed by atoms with E-state index < -0.39 is 14.1 Å². The minimum absolute atomic E-state index is 0.0776. The first-order chi connectivity index (χ1) is 11.5. The number of hydrogen-bond donors (Lipinski definition) is 0. The second kappa shape index (κ2) is 6.01. The van der Waals surface area contributed by atoms with Crippen LogP contribution in [-0.4, -0.2) is 40.2 Å². The van der Waals surface area contributed by atoms with Gasteiger partial charge in [-0.15, -0.1) is 0 Å². The fourth-order valence-electron chi connectivity index (χ4n) is 5.15. The summed E-state index contributed by atoms with van der Waals surface area (Å²) in [6.07, 6.45) is 7.52. The largest absolute Gasteiger partial charge is 0.408 e. The standard InChI is InChI=1S/C20H34O4Si/c1-18(2,3)25(6,7)24-17-14-8-10-19(20(17,22-4)23-5)11-9-16(21)13-15(19)12-14/h9,11,14-15,17H,8,10,12-13H2,1-7H3/t14-,15?,17+,19-/m0/s1. The summed E-state index contributed by atoms with van der Waals surface area (Å²) in [6, 6.07) is 0. The Bertz CT molecular complexity index is 573. The smallest absolute Gasteiger partial charge is 0.202 e. The van der Waals surface area contributed by atoms with E-state index in [9.17, 15) is 4.79 Å². The third-order valence-electron chi connectivity index (χ3n) is 7.54. The quantitative estimate of drug-likeness (QED) is 0.549. The Morgan fingerprint density at radius 2 is 1.84 bits per heavy atom. The fraction of sp³-hybridized carbons (Fsp3) is 0.850. The average molecular weight is 367 g/mol. The molecule has 0 aromatic rings. The van der Waals surface area contributed by atoms with Gasteiger partial charge in [-0.1, -0.05) is 26.8 Å². The van der Waals surface area contributed by atoms with Gasteiger partial charge in [0.15, 0.2) is 14.1 Å². The normalized spacial score (nSPS) is 37.2. The van der Waals surface area contributed by atoms with Crippen molar-refractivity contribution in [2.45, 2.75) is 76.5 Å². The molecule has 0 heterocycles. The third-order valence-corrected chi connectivity index (χ3v) is 12.0. The maximum absolute atomic E-state index is 12.0. The van der Waals surface area contributed by atoms with Crippen LogP contribution in [0.5, 0.6) is 0 Å². The number of ketones is 1. The predicted molar refractivity (Wildman–Crippen MR) is 101 cm³/mol. The van der Waals surface area contributed by atoms with Crippen LogP contribution in [0, 0.1) is 17.3 Å². The highest BCUT2D eigenvalue weighted by Crippen LogP contribution is 2.64. The Morgan fingerprint density at radius 3 is 2.40 bits per heavy atom. The van der Waals surface area contributed by atoms with E-state index in [2.05, 4.69) is 39.9 Å². The Morgan fingerprint density at radius 1 is 1.20 bits per heavy atom. The van der Waals surface area contributed by atoms with E-state index in [0.29, 0.717) is 18.3 Å². The highest BCUT2D eigenvalue weighted by molar-refractivity contribution is 6.74. The van der Waals surface area contributed by atoms with E-state index in [1.165, 1.54) is 0 Å². The van der Waals surface area contributed by atoms with Crippen molar-refractivity contribution >= 4 is 14.1 Å². The number of carbonyl (C=O) groups excluding carboxylic acids is 1. The zero-order valence-electron chi connectivity index (χ0n) is 16.8. The Kier molecular flexibility index (Phi) is 4.63. The Balaban J connectivity index is 2.06. The lowest BCUT2D eigenvalue weighted by Crippen LogP contribution is -2.72. The summed E-state index contributed by atoms with van der Waals surface area (Å²) in [5, 5.41) is 0.131. The van der Waals surface area contributed by atoms with Crippen molar-refractivity contribution in [3.8, 4) is 0 Å². The van der Waals surface area contributed by atoms with Crippen molar-refractivity contribution in [1.82, 2.24) is 0 Å². The molecule has 25 heavy (non-hydrogen) atoms. The first-order valence-corrected chi connectivity index (χ1v) is 12.4. The molecule has 2 bridgehead atoms. The van der Waals surface area contributed by atoms with Gasteiger partial charge in [0.05, 0.1) is 0 Å². The van der Waals surface area contributed by atoms with Crippen molar-refractivity contribution in [3.63, 3.8) is 0 Å². The Hall–Kier alpha value is -0.493. The van der Waals surface area contributed by atoms with E-state index in [1.54, 1.807) is 20.3 Å². The molecule has 1 spiro atoms. The molecule has 0 radical (unpaired) electrons. The van der Waals surface area contributed by atoms with Gasteiger partial charge in [0, 0.05) is 26.1 Å². The summed E-state index contributed by atoms with van der Waals surface area (Å²) in [4.78, 5) is 12.0. The van der Waals surface area contributed by atoms with Gasteiger partial charge in [0.25, 0.3) is 0 Å². The minimum atomic E-state index is -1.98. The monoisotopic (exact) mass is 366 g/mol. The average Bonchev–Trinajstić information content (AvgIpc) is 2.53. The molecule has 4 nitrogen and oxygen atoms in total. The SMILES string of the molecule is COC1(OC)[C@H](O[Si](C)(C)C(C)(C)C)[C@H]2CC[C@@]13C=CC(=O)CC3C2. The van der Waals surface area contributed by atoms with Crippen molar-refractivity contribution < 1.29 is 18.7 Å². The molecule has 0 amide bonds. The fourth-order valence-corrected chi connectivity index (χ4v) is 6.48. The van der Waals surface area contributed by atoms with Gasteiger partial charge in [-0.2, -0.15) is 0 Å². The molecule has 4 aliphatic rings. The van der Waals surface area contributed by atoms with Gasteiger partial charge in [-0.05, 0) is 55.3 Å². The molecule has 0 aromatic heterocycles. The second-order valence-electron chi connectivity index (χ2n) is 9.65. The predicted octanol–water partition coefficient (Wildman–Crippen LogP) is 4.31. The summed E-state index contributed by atoms with van der Waals surface area (Å²) < 4.78 is 19.2. The molecule has 3 fully saturated rings. The van der Waals surface area contributed by atoms with Crippen LogP contribution < -0.4 is 0 Å². The third kappa shape index (κ3) is 2.61. The second-order valence-corrected chi connectivity index (χ2v) is 14.4. The number of rotatable bonds is 4. The Labute approximate surface area is 153 Å².